The number of amides is 1. The highest BCUT2D eigenvalue weighted by Crippen LogP contribution is 2.29. The van der Waals surface area contributed by atoms with Crippen molar-refractivity contribution in [1.82, 2.24) is 10.2 Å². The van der Waals surface area contributed by atoms with Crippen LogP contribution >= 0.6 is 0 Å². The highest BCUT2D eigenvalue weighted by atomic mass is 16.1. The SMILES string of the molecule is C/C=C/C(=O)NC1CCN(C2CC2)CC1. The molecule has 1 saturated heterocycles. The predicted molar refractivity (Wildman–Crippen MR) is 60.6 cm³/mol. The van der Waals surface area contributed by atoms with Gasteiger partial charge in [0, 0.05) is 25.2 Å². The maximum absolute atomic E-state index is 11.3. The second-order valence-corrected chi connectivity index (χ2v) is 4.55. The molecule has 2 fully saturated rings. The van der Waals surface area contributed by atoms with Gasteiger partial charge < -0.3 is 10.2 Å². The van der Waals surface area contributed by atoms with Crippen LogP contribution in [0.3, 0.4) is 0 Å². The average Bonchev–Trinajstić information content (AvgIpc) is 3.03. The number of nitrogens with one attached hydrogen (secondary N) is 1. The van der Waals surface area contributed by atoms with Gasteiger partial charge in [-0.25, -0.2) is 0 Å². The van der Waals surface area contributed by atoms with Crippen LogP contribution in [0.1, 0.15) is 32.6 Å². The minimum atomic E-state index is 0.0578. The van der Waals surface area contributed by atoms with Gasteiger partial charge in [-0.15, -0.1) is 0 Å². The molecule has 0 radical (unpaired) electrons. The van der Waals surface area contributed by atoms with Crippen molar-refractivity contribution in [2.24, 2.45) is 0 Å². The van der Waals surface area contributed by atoms with Crippen LogP contribution in [0.25, 0.3) is 0 Å². The molecule has 0 unspecified atom stereocenters. The van der Waals surface area contributed by atoms with Gasteiger partial charge in [-0.3, -0.25) is 4.79 Å². The second-order valence-electron chi connectivity index (χ2n) is 4.55. The lowest BCUT2D eigenvalue weighted by Gasteiger charge is -2.32. The van der Waals surface area contributed by atoms with Gasteiger partial charge in [-0.2, -0.15) is 0 Å². The van der Waals surface area contributed by atoms with Gasteiger partial charge in [-0.05, 0) is 38.7 Å². The van der Waals surface area contributed by atoms with E-state index in [2.05, 4.69) is 10.2 Å². The fourth-order valence-electron chi connectivity index (χ4n) is 2.25. The summed E-state index contributed by atoms with van der Waals surface area (Å²) in [6.45, 7) is 4.19. The Bertz CT molecular complexity index is 250. The van der Waals surface area contributed by atoms with E-state index in [0.717, 1.165) is 32.0 Å². The molecule has 0 spiro atoms. The number of rotatable bonds is 3. The Balaban J connectivity index is 1.70. The Hall–Kier alpha value is -0.830. The summed E-state index contributed by atoms with van der Waals surface area (Å²) >= 11 is 0. The first-order chi connectivity index (χ1) is 7.29. The smallest absolute Gasteiger partial charge is 0.243 e. The van der Waals surface area contributed by atoms with Gasteiger partial charge in [0.2, 0.25) is 5.91 Å². The molecule has 1 amide bonds. The van der Waals surface area contributed by atoms with Gasteiger partial charge in [0.25, 0.3) is 0 Å². The Kier molecular flexibility index (Phi) is 3.41. The van der Waals surface area contributed by atoms with Crippen molar-refractivity contribution in [3.8, 4) is 0 Å². The van der Waals surface area contributed by atoms with E-state index in [1.54, 1.807) is 12.2 Å². The minimum Gasteiger partial charge on any atom is -0.350 e. The zero-order valence-electron chi connectivity index (χ0n) is 9.41. The topological polar surface area (TPSA) is 32.3 Å². The summed E-state index contributed by atoms with van der Waals surface area (Å²) in [5, 5.41) is 3.05. The normalized spacial score (nSPS) is 24.6. The van der Waals surface area contributed by atoms with Crippen molar-refractivity contribution < 1.29 is 4.79 Å². The van der Waals surface area contributed by atoms with Crippen molar-refractivity contribution in [2.45, 2.75) is 44.7 Å². The molecule has 1 aliphatic carbocycles. The van der Waals surface area contributed by atoms with E-state index in [-0.39, 0.29) is 5.91 Å². The number of nitrogens with zero attached hydrogens (tertiary/aromatic N) is 1. The molecule has 3 nitrogen and oxygen atoms in total. The van der Waals surface area contributed by atoms with Gasteiger partial charge in [0.05, 0.1) is 0 Å². The summed E-state index contributed by atoms with van der Waals surface area (Å²) in [7, 11) is 0. The summed E-state index contributed by atoms with van der Waals surface area (Å²) < 4.78 is 0. The van der Waals surface area contributed by atoms with Crippen LogP contribution in [0.2, 0.25) is 0 Å². The summed E-state index contributed by atoms with van der Waals surface area (Å²) in [5.74, 6) is 0.0578. The van der Waals surface area contributed by atoms with E-state index >= 15 is 0 Å². The first-order valence-electron chi connectivity index (χ1n) is 5.97. The molecule has 0 aromatic rings. The van der Waals surface area contributed by atoms with E-state index in [4.69, 9.17) is 0 Å². The van der Waals surface area contributed by atoms with Crippen molar-refractivity contribution in [2.75, 3.05) is 13.1 Å². The number of likely N-dealkylation sites (tertiary alicyclic amines) is 1. The molecule has 15 heavy (non-hydrogen) atoms. The number of hydrogen-bond donors (Lipinski definition) is 1. The maximum atomic E-state index is 11.3. The first kappa shape index (κ1) is 10.7. The zero-order chi connectivity index (χ0) is 10.7. The lowest BCUT2D eigenvalue weighted by Crippen LogP contribution is -2.44. The third-order valence-corrected chi connectivity index (χ3v) is 3.26. The monoisotopic (exact) mass is 208 g/mol. The Morgan fingerprint density at radius 3 is 2.47 bits per heavy atom. The number of piperidine rings is 1. The van der Waals surface area contributed by atoms with Gasteiger partial charge >= 0.3 is 0 Å². The molecule has 0 atom stereocenters. The van der Waals surface area contributed by atoms with Gasteiger partial charge in [-0.1, -0.05) is 6.08 Å². The highest BCUT2D eigenvalue weighted by Gasteiger charge is 2.31. The third-order valence-electron chi connectivity index (χ3n) is 3.26. The van der Waals surface area contributed by atoms with Gasteiger partial charge in [0.1, 0.15) is 0 Å². The minimum absolute atomic E-state index is 0.0578. The number of carbonyl (C=O) groups is 1. The maximum Gasteiger partial charge on any atom is 0.243 e. The van der Waals surface area contributed by atoms with Crippen molar-refractivity contribution in [3.63, 3.8) is 0 Å². The molecular weight excluding hydrogens is 188 g/mol. The largest absolute Gasteiger partial charge is 0.350 e. The molecule has 1 saturated carbocycles. The Morgan fingerprint density at radius 1 is 1.27 bits per heavy atom. The van der Waals surface area contributed by atoms with E-state index in [1.807, 2.05) is 6.92 Å². The van der Waals surface area contributed by atoms with Crippen molar-refractivity contribution in [3.05, 3.63) is 12.2 Å². The summed E-state index contributed by atoms with van der Waals surface area (Å²) in [5.41, 5.74) is 0. The lowest BCUT2D eigenvalue weighted by molar-refractivity contribution is -0.117. The molecule has 2 rings (SSSR count). The molecule has 1 N–H and O–H groups in total. The van der Waals surface area contributed by atoms with Crippen LogP contribution < -0.4 is 5.32 Å². The predicted octanol–water partition coefficient (Wildman–Crippen LogP) is 1.31. The van der Waals surface area contributed by atoms with E-state index in [9.17, 15) is 4.79 Å². The Labute approximate surface area is 91.5 Å². The fraction of sp³-hybridized carbons (Fsp3) is 0.750. The quantitative estimate of drug-likeness (QED) is 0.709. The molecular formula is C12H20N2O. The number of hydrogen-bond acceptors (Lipinski definition) is 2. The van der Waals surface area contributed by atoms with Crippen molar-refractivity contribution >= 4 is 5.91 Å². The molecule has 0 aromatic heterocycles. The average molecular weight is 208 g/mol. The fourth-order valence-corrected chi connectivity index (χ4v) is 2.25. The van der Waals surface area contributed by atoms with Crippen molar-refractivity contribution in [1.29, 1.82) is 0 Å². The number of carbonyl (C=O) groups excluding carboxylic acids is 1. The molecule has 1 heterocycles. The van der Waals surface area contributed by atoms with Crippen LogP contribution in [-0.4, -0.2) is 36.0 Å². The standard InChI is InChI=1S/C12H20N2O/c1-2-3-12(15)13-10-6-8-14(9-7-10)11-4-5-11/h2-3,10-11H,4-9H2,1H3,(H,13,15)/b3-2+. The van der Waals surface area contributed by atoms with E-state index < -0.39 is 0 Å². The molecule has 0 bridgehead atoms. The molecule has 84 valence electrons. The molecule has 2 aliphatic rings. The summed E-state index contributed by atoms with van der Waals surface area (Å²) in [6, 6.07) is 1.26. The first-order valence-corrected chi connectivity index (χ1v) is 5.97. The lowest BCUT2D eigenvalue weighted by atomic mass is 10.0. The van der Waals surface area contributed by atoms with Gasteiger partial charge in [0.15, 0.2) is 0 Å². The highest BCUT2D eigenvalue weighted by molar-refractivity contribution is 5.87. The third kappa shape index (κ3) is 3.06. The number of allylic oxidation sites excluding steroid dienone is 1. The van der Waals surface area contributed by atoms with Crippen LogP contribution in [0.4, 0.5) is 0 Å². The van der Waals surface area contributed by atoms with E-state index in [0.29, 0.717) is 6.04 Å². The molecule has 3 heteroatoms. The summed E-state index contributed by atoms with van der Waals surface area (Å²) in [6.07, 6.45) is 8.38. The van der Waals surface area contributed by atoms with Crippen LogP contribution in [0.15, 0.2) is 12.2 Å². The van der Waals surface area contributed by atoms with Crippen LogP contribution in [0, 0.1) is 0 Å². The second kappa shape index (κ2) is 4.79. The molecule has 0 aromatic carbocycles. The zero-order valence-corrected chi connectivity index (χ0v) is 9.41. The van der Waals surface area contributed by atoms with Crippen LogP contribution in [0.5, 0.6) is 0 Å². The Morgan fingerprint density at radius 2 is 1.93 bits per heavy atom. The van der Waals surface area contributed by atoms with E-state index in [1.165, 1.54) is 12.8 Å². The molecule has 1 aliphatic heterocycles. The summed E-state index contributed by atoms with van der Waals surface area (Å²) in [4.78, 5) is 13.9. The van der Waals surface area contributed by atoms with Crippen LogP contribution in [-0.2, 0) is 4.79 Å².